The molecule has 2 aromatic heterocycles. The van der Waals surface area contributed by atoms with Gasteiger partial charge in [-0.05, 0) is 44.9 Å². The number of hydrogen-bond acceptors (Lipinski definition) is 5. The van der Waals surface area contributed by atoms with Crippen LogP contribution < -0.4 is 5.32 Å². The van der Waals surface area contributed by atoms with Crippen molar-refractivity contribution >= 4 is 45.6 Å². The van der Waals surface area contributed by atoms with E-state index in [4.69, 9.17) is 23.2 Å². The van der Waals surface area contributed by atoms with Gasteiger partial charge in [0.1, 0.15) is 5.01 Å². The molecular formula is C18H17Cl2N5OS. The topological polar surface area (TPSA) is 72.7 Å². The summed E-state index contributed by atoms with van der Waals surface area (Å²) in [5.74, 6) is 0.390. The molecule has 140 valence electrons. The largest absolute Gasteiger partial charge is 0.300 e. The monoisotopic (exact) mass is 421 g/mol. The summed E-state index contributed by atoms with van der Waals surface area (Å²) in [4.78, 5) is 12.5. The first kappa shape index (κ1) is 18.4. The summed E-state index contributed by atoms with van der Waals surface area (Å²) < 4.78 is 1.74. The third kappa shape index (κ3) is 3.85. The second kappa shape index (κ2) is 7.22. The Kier molecular flexibility index (Phi) is 4.92. The lowest BCUT2D eigenvalue weighted by Crippen LogP contribution is -2.15. The first-order valence-corrected chi connectivity index (χ1v) is 10.1. The van der Waals surface area contributed by atoms with Crippen LogP contribution in [0.25, 0.3) is 5.69 Å². The predicted molar refractivity (Wildman–Crippen MR) is 107 cm³/mol. The number of hydrogen-bond donors (Lipinski definition) is 1. The molecule has 9 heteroatoms. The quantitative estimate of drug-likeness (QED) is 0.647. The van der Waals surface area contributed by atoms with Crippen LogP contribution in [0.2, 0.25) is 10.0 Å². The van der Waals surface area contributed by atoms with Crippen molar-refractivity contribution in [3.63, 3.8) is 0 Å². The van der Waals surface area contributed by atoms with Crippen molar-refractivity contribution in [1.29, 1.82) is 0 Å². The van der Waals surface area contributed by atoms with E-state index in [-0.39, 0.29) is 12.3 Å². The number of rotatable bonds is 5. The average molecular weight is 422 g/mol. The SMILES string of the molecule is Cc1nn(-c2ccc(Cl)cc2Cl)c(C)c1CC(=O)Nc1nnc(C2CC2)s1. The molecule has 6 nitrogen and oxygen atoms in total. The first-order valence-electron chi connectivity index (χ1n) is 8.56. The van der Waals surface area contributed by atoms with Gasteiger partial charge in [-0.15, -0.1) is 10.2 Å². The summed E-state index contributed by atoms with van der Waals surface area (Å²) in [6.45, 7) is 3.80. The minimum Gasteiger partial charge on any atom is -0.300 e. The van der Waals surface area contributed by atoms with Gasteiger partial charge >= 0.3 is 0 Å². The van der Waals surface area contributed by atoms with Crippen molar-refractivity contribution in [2.75, 3.05) is 5.32 Å². The Morgan fingerprint density at radius 3 is 2.78 bits per heavy atom. The minimum atomic E-state index is -0.138. The van der Waals surface area contributed by atoms with Gasteiger partial charge in [-0.25, -0.2) is 4.68 Å². The van der Waals surface area contributed by atoms with Gasteiger partial charge in [-0.3, -0.25) is 4.79 Å². The van der Waals surface area contributed by atoms with Crippen LogP contribution >= 0.6 is 34.5 Å². The van der Waals surface area contributed by atoms with Gasteiger partial charge < -0.3 is 5.32 Å². The van der Waals surface area contributed by atoms with E-state index in [1.165, 1.54) is 11.3 Å². The van der Waals surface area contributed by atoms with Gasteiger partial charge in [-0.1, -0.05) is 34.5 Å². The van der Waals surface area contributed by atoms with Crippen molar-refractivity contribution in [3.8, 4) is 5.69 Å². The number of nitrogens with zero attached hydrogens (tertiary/aromatic N) is 4. The van der Waals surface area contributed by atoms with Crippen molar-refractivity contribution in [2.45, 2.75) is 39.0 Å². The van der Waals surface area contributed by atoms with Gasteiger partial charge in [0.25, 0.3) is 0 Å². The summed E-state index contributed by atoms with van der Waals surface area (Å²) in [5, 5.41) is 18.2. The molecule has 0 bridgehead atoms. The van der Waals surface area contributed by atoms with Gasteiger partial charge in [0.2, 0.25) is 11.0 Å². The molecule has 0 unspecified atom stereocenters. The fourth-order valence-electron chi connectivity index (χ4n) is 2.92. The van der Waals surface area contributed by atoms with Crippen LogP contribution in [-0.2, 0) is 11.2 Å². The van der Waals surface area contributed by atoms with Crippen molar-refractivity contribution in [2.24, 2.45) is 0 Å². The number of nitrogens with one attached hydrogen (secondary N) is 1. The van der Waals surface area contributed by atoms with Crippen LogP contribution in [0, 0.1) is 13.8 Å². The Morgan fingerprint density at radius 2 is 2.07 bits per heavy atom. The molecule has 0 aliphatic heterocycles. The molecule has 3 aromatic rings. The van der Waals surface area contributed by atoms with Gasteiger partial charge in [-0.2, -0.15) is 5.10 Å². The first-order chi connectivity index (χ1) is 12.9. The van der Waals surface area contributed by atoms with Crippen molar-refractivity contribution in [1.82, 2.24) is 20.0 Å². The second-order valence-corrected chi connectivity index (χ2v) is 8.45. The van der Waals surface area contributed by atoms with E-state index < -0.39 is 0 Å². The maximum Gasteiger partial charge on any atom is 0.230 e. The number of halogens is 2. The molecule has 0 radical (unpaired) electrons. The van der Waals surface area contributed by atoms with Gasteiger partial charge in [0, 0.05) is 22.2 Å². The van der Waals surface area contributed by atoms with Gasteiger partial charge in [0.05, 0.1) is 22.8 Å². The normalized spacial score (nSPS) is 13.8. The van der Waals surface area contributed by atoms with E-state index in [1.54, 1.807) is 16.8 Å². The number of anilines is 1. The molecule has 1 N–H and O–H groups in total. The predicted octanol–water partition coefficient (Wildman–Crippen LogP) is 4.71. The van der Waals surface area contributed by atoms with Crippen LogP contribution in [0.3, 0.4) is 0 Å². The number of carbonyl (C=O) groups is 1. The number of aromatic nitrogens is 4. The highest BCUT2D eigenvalue weighted by Gasteiger charge is 2.28. The molecule has 1 aliphatic carbocycles. The highest BCUT2D eigenvalue weighted by atomic mass is 35.5. The molecular weight excluding hydrogens is 405 g/mol. The van der Waals surface area contributed by atoms with E-state index in [0.717, 1.165) is 40.5 Å². The lowest BCUT2D eigenvalue weighted by molar-refractivity contribution is -0.115. The molecule has 0 saturated heterocycles. The van der Waals surface area contributed by atoms with E-state index in [0.29, 0.717) is 21.1 Å². The highest BCUT2D eigenvalue weighted by molar-refractivity contribution is 7.15. The molecule has 1 aromatic carbocycles. The van der Waals surface area contributed by atoms with Crippen LogP contribution in [0.4, 0.5) is 5.13 Å². The Morgan fingerprint density at radius 1 is 1.30 bits per heavy atom. The molecule has 1 saturated carbocycles. The Bertz CT molecular complexity index is 1020. The summed E-state index contributed by atoms with van der Waals surface area (Å²) in [5.41, 5.74) is 3.24. The zero-order chi connectivity index (χ0) is 19.1. The molecule has 27 heavy (non-hydrogen) atoms. The summed E-state index contributed by atoms with van der Waals surface area (Å²) in [6, 6.07) is 5.25. The van der Waals surface area contributed by atoms with Crippen molar-refractivity contribution in [3.05, 3.63) is 50.2 Å². The third-order valence-electron chi connectivity index (χ3n) is 4.53. The number of aryl methyl sites for hydroxylation is 1. The lowest BCUT2D eigenvalue weighted by Gasteiger charge is -2.08. The molecule has 1 fully saturated rings. The zero-order valence-corrected chi connectivity index (χ0v) is 17.1. The Hall–Kier alpha value is -1.96. The van der Waals surface area contributed by atoms with E-state index in [2.05, 4.69) is 20.6 Å². The van der Waals surface area contributed by atoms with Crippen LogP contribution in [0.5, 0.6) is 0 Å². The van der Waals surface area contributed by atoms with E-state index >= 15 is 0 Å². The third-order valence-corrected chi connectivity index (χ3v) is 6.07. The Labute approximate surface area is 170 Å². The summed E-state index contributed by atoms with van der Waals surface area (Å²) in [6.07, 6.45) is 2.53. The van der Waals surface area contributed by atoms with Gasteiger partial charge in [0.15, 0.2) is 0 Å². The molecule has 0 spiro atoms. The molecule has 4 rings (SSSR count). The fourth-order valence-corrected chi connectivity index (χ4v) is 4.34. The molecule has 2 heterocycles. The molecule has 1 aliphatic rings. The summed E-state index contributed by atoms with van der Waals surface area (Å²) in [7, 11) is 0. The maximum absolute atomic E-state index is 12.5. The average Bonchev–Trinajstić information content (AvgIpc) is 3.31. The standard InChI is InChI=1S/C18H17Cl2N5OS/c1-9-13(8-16(26)21-18-23-22-17(27-18)11-3-4-11)10(2)25(24-9)15-6-5-12(19)7-14(15)20/h5-7,11H,3-4,8H2,1-2H3,(H,21,23,26). The number of benzene rings is 1. The lowest BCUT2D eigenvalue weighted by atomic mass is 10.1. The number of amides is 1. The van der Waals surface area contributed by atoms with E-state index in [9.17, 15) is 4.79 Å². The molecule has 1 amide bonds. The smallest absolute Gasteiger partial charge is 0.230 e. The maximum atomic E-state index is 12.5. The highest BCUT2D eigenvalue weighted by Crippen LogP contribution is 2.42. The number of carbonyl (C=O) groups excluding carboxylic acids is 1. The second-order valence-electron chi connectivity index (χ2n) is 6.60. The van der Waals surface area contributed by atoms with Crippen LogP contribution in [0.15, 0.2) is 18.2 Å². The van der Waals surface area contributed by atoms with Crippen LogP contribution in [-0.4, -0.2) is 25.9 Å². The minimum absolute atomic E-state index is 0.138. The van der Waals surface area contributed by atoms with Crippen LogP contribution in [0.1, 0.15) is 40.7 Å². The molecule has 0 atom stereocenters. The Balaban J connectivity index is 1.53. The fraction of sp³-hybridized carbons (Fsp3) is 0.333. The van der Waals surface area contributed by atoms with E-state index in [1.807, 2.05) is 19.9 Å². The summed E-state index contributed by atoms with van der Waals surface area (Å²) >= 11 is 13.7. The zero-order valence-electron chi connectivity index (χ0n) is 14.8. The van der Waals surface area contributed by atoms with Crippen molar-refractivity contribution < 1.29 is 4.79 Å².